The van der Waals surface area contributed by atoms with Gasteiger partial charge in [-0.25, -0.2) is 13.1 Å². The Hall–Kier alpha value is -3.17. The van der Waals surface area contributed by atoms with E-state index in [0.717, 1.165) is 23.8 Å². The quantitative estimate of drug-likeness (QED) is 0.614. The van der Waals surface area contributed by atoms with Gasteiger partial charge in [-0.05, 0) is 47.9 Å². The first-order chi connectivity index (χ1) is 15.2. The molecule has 9 heteroatoms. The summed E-state index contributed by atoms with van der Waals surface area (Å²) in [7, 11) is -4.41. The Balaban J connectivity index is 1.56. The van der Waals surface area contributed by atoms with Crippen LogP contribution in [-0.2, 0) is 29.2 Å². The molecule has 0 saturated carbocycles. The molecule has 5 nitrogen and oxygen atoms in total. The third-order valence-electron chi connectivity index (χ3n) is 5.26. The molecular weight excluding hydrogens is 441 g/mol. The normalized spacial score (nSPS) is 13.8. The number of sulfonamides is 1. The molecule has 0 aromatic heterocycles. The third-order valence-corrected chi connectivity index (χ3v) is 6.72. The lowest BCUT2D eigenvalue weighted by Crippen LogP contribution is -2.29. The largest absolute Gasteiger partial charge is 0.417 e. The van der Waals surface area contributed by atoms with Gasteiger partial charge in [-0.1, -0.05) is 42.5 Å². The van der Waals surface area contributed by atoms with Gasteiger partial charge in [0.1, 0.15) is 0 Å². The molecule has 0 fully saturated rings. The number of halogens is 3. The highest BCUT2D eigenvalue weighted by molar-refractivity contribution is 7.89. The topological polar surface area (TPSA) is 66.5 Å². The lowest BCUT2D eigenvalue weighted by Gasteiger charge is -2.18. The van der Waals surface area contributed by atoms with Crippen LogP contribution in [0.15, 0.2) is 77.7 Å². The van der Waals surface area contributed by atoms with Gasteiger partial charge >= 0.3 is 6.18 Å². The van der Waals surface area contributed by atoms with Gasteiger partial charge in [0, 0.05) is 24.3 Å². The summed E-state index contributed by atoms with van der Waals surface area (Å²) >= 11 is 0. The van der Waals surface area contributed by atoms with Crippen LogP contribution in [0.5, 0.6) is 0 Å². The molecule has 0 spiro atoms. The molecule has 0 saturated heterocycles. The van der Waals surface area contributed by atoms with E-state index in [2.05, 4.69) is 4.72 Å². The maximum Gasteiger partial charge on any atom is 0.417 e. The number of anilines is 1. The van der Waals surface area contributed by atoms with E-state index < -0.39 is 26.7 Å². The molecule has 32 heavy (non-hydrogen) atoms. The zero-order chi connectivity index (χ0) is 22.9. The van der Waals surface area contributed by atoms with Crippen LogP contribution in [0.1, 0.15) is 27.0 Å². The number of hydrogen-bond donors (Lipinski definition) is 1. The van der Waals surface area contributed by atoms with Crippen LogP contribution in [0.4, 0.5) is 18.9 Å². The predicted octanol–water partition coefficient (Wildman–Crippen LogP) is 4.39. The molecule has 1 heterocycles. The summed E-state index contributed by atoms with van der Waals surface area (Å²) in [6.07, 6.45) is -4.13. The zero-order valence-corrected chi connectivity index (χ0v) is 17.6. The maximum atomic E-state index is 13.2. The molecule has 0 bridgehead atoms. The van der Waals surface area contributed by atoms with E-state index in [1.807, 2.05) is 6.07 Å². The van der Waals surface area contributed by atoms with Crippen LogP contribution in [0, 0.1) is 0 Å². The number of nitrogens with zero attached hydrogens (tertiary/aromatic N) is 1. The van der Waals surface area contributed by atoms with E-state index in [4.69, 9.17) is 0 Å². The molecule has 0 aliphatic carbocycles. The second-order valence-corrected chi connectivity index (χ2v) is 9.09. The summed E-state index contributed by atoms with van der Waals surface area (Å²) in [5, 5.41) is 0. The van der Waals surface area contributed by atoms with E-state index in [0.29, 0.717) is 29.8 Å². The lowest BCUT2D eigenvalue weighted by atomic mass is 10.1. The second-order valence-electron chi connectivity index (χ2n) is 7.35. The average Bonchev–Trinajstić information content (AvgIpc) is 3.20. The molecule has 0 unspecified atom stereocenters. The van der Waals surface area contributed by atoms with Gasteiger partial charge in [0.25, 0.3) is 5.91 Å². The number of fused-ring (bicyclic) bond motifs is 1. The molecule has 1 aliphatic rings. The van der Waals surface area contributed by atoms with Crippen molar-refractivity contribution in [2.24, 2.45) is 0 Å². The van der Waals surface area contributed by atoms with Crippen molar-refractivity contribution < 1.29 is 26.4 Å². The first-order valence-corrected chi connectivity index (χ1v) is 11.3. The molecule has 0 radical (unpaired) electrons. The van der Waals surface area contributed by atoms with Crippen molar-refractivity contribution in [3.63, 3.8) is 0 Å². The number of hydrogen-bond acceptors (Lipinski definition) is 3. The van der Waals surface area contributed by atoms with Crippen molar-refractivity contribution in [3.8, 4) is 0 Å². The fraction of sp³-hybridized carbons (Fsp3) is 0.174. The summed E-state index contributed by atoms with van der Waals surface area (Å²) in [5.41, 5.74) is 1.47. The van der Waals surface area contributed by atoms with Gasteiger partial charge < -0.3 is 4.90 Å². The molecule has 1 aliphatic heterocycles. The van der Waals surface area contributed by atoms with Gasteiger partial charge in [-0.15, -0.1) is 0 Å². The number of carbonyl (C=O) groups is 1. The minimum Gasteiger partial charge on any atom is -0.308 e. The first-order valence-electron chi connectivity index (χ1n) is 9.81. The summed E-state index contributed by atoms with van der Waals surface area (Å²) in [5.74, 6) is -0.166. The van der Waals surface area contributed by atoms with Crippen molar-refractivity contribution >= 4 is 21.6 Å². The predicted molar refractivity (Wildman–Crippen MR) is 114 cm³/mol. The minimum absolute atomic E-state index is 0.166. The van der Waals surface area contributed by atoms with Crippen molar-refractivity contribution in [1.82, 2.24) is 4.72 Å². The van der Waals surface area contributed by atoms with Crippen molar-refractivity contribution in [1.29, 1.82) is 0 Å². The number of amides is 1. The SMILES string of the molecule is O=C(c1ccccc1)N1CCc2ccc(CNS(=O)(=O)c3ccccc3C(F)(F)F)cc21. The second kappa shape index (κ2) is 8.40. The van der Waals surface area contributed by atoms with Gasteiger partial charge in [0.15, 0.2) is 0 Å². The molecule has 0 atom stereocenters. The highest BCUT2D eigenvalue weighted by atomic mass is 32.2. The van der Waals surface area contributed by atoms with E-state index in [1.54, 1.807) is 47.4 Å². The summed E-state index contributed by atoms with van der Waals surface area (Å²) in [4.78, 5) is 13.7. The monoisotopic (exact) mass is 460 g/mol. The number of carbonyl (C=O) groups excluding carboxylic acids is 1. The van der Waals surface area contributed by atoms with Crippen molar-refractivity contribution in [3.05, 3.63) is 95.1 Å². The summed E-state index contributed by atoms with van der Waals surface area (Å²) < 4.78 is 67.1. The molecular formula is C23H19F3N2O3S. The van der Waals surface area contributed by atoms with Crippen molar-refractivity contribution in [2.75, 3.05) is 11.4 Å². The van der Waals surface area contributed by atoms with Crippen LogP contribution in [-0.4, -0.2) is 20.9 Å². The fourth-order valence-electron chi connectivity index (χ4n) is 3.67. The highest BCUT2D eigenvalue weighted by Gasteiger charge is 2.36. The number of benzene rings is 3. The molecule has 1 N–H and O–H groups in total. The number of nitrogens with one attached hydrogen (secondary N) is 1. The van der Waals surface area contributed by atoms with E-state index >= 15 is 0 Å². The minimum atomic E-state index is -4.79. The average molecular weight is 460 g/mol. The fourth-order valence-corrected chi connectivity index (χ4v) is 4.92. The summed E-state index contributed by atoms with van der Waals surface area (Å²) in [6, 6.07) is 18.0. The molecule has 3 aromatic rings. The van der Waals surface area contributed by atoms with Crippen LogP contribution in [0.3, 0.4) is 0 Å². The summed E-state index contributed by atoms with van der Waals surface area (Å²) in [6.45, 7) is 0.284. The maximum absolute atomic E-state index is 13.2. The van der Waals surface area contributed by atoms with Gasteiger partial charge in [-0.2, -0.15) is 13.2 Å². The van der Waals surface area contributed by atoms with Crippen LogP contribution in [0.25, 0.3) is 0 Å². The van der Waals surface area contributed by atoms with E-state index in [-0.39, 0.29) is 12.5 Å². The first kappa shape index (κ1) is 22.0. The Morgan fingerprint density at radius 1 is 0.969 bits per heavy atom. The van der Waals surface area contributed by atoms with Gasteiger partial charge in [0.05, 0.1) is 10.5 Å². The molecule has 166 valence electrons. The standard InChI is InChI=1S/C23H19F3N2O3S/c24-23(25,26)19-8-4-5-9-21(19)32(30,31)27-15-16-10-11-17-12-13-28(20(17)14-16)22(29)18-6-2-1-3-7-18/h1-11,14,27H,12-13,15H2. The Morgan fingerprint density at radius 2 is 1.66 bits per heavy atom. The molecule has 4 rings (SSSR count). The third kappa shape index (κ3) is 4.39. The molecule has 3 aromatic carbocycles. The van der Waals surface area contributed by atoms with Gasteiger partial charge in [-0.3, -0.25) is 4.79 Å². The number of alkyl halides is 3. The van der Waals surface area contributed by atoms with E-state index in [1.165, 1.54) is 6.07 Å². The zero-order valence-electron chi connectivity index (χ0n) is 16.8. The molecule has 1 amide bonds. The highest BCUT2D eigenvalue weighted by Crippen LogP contribution is 2.34. The van der Waals surface area contributed by atoms with Crippen molar-refractivity contribution in [2.45, 2.75) is 24.0 Å². The van der Waals surface area contributed by atoms with E-state index in [9.17, 15) is 26.4 Å². The number of rotatable bonds is 5. The Labute approximate surface area is 183 Å². The Morgan fingerprint density at radius 3 is 2.38 bits per heavy atom. The van der Waals surface area contributed by atoms with Crippen LogP contribution < -0.4 is 9.62 Å². The Kier molecular flexibility index (Phi) is 5.79. The van der Waals surface area contributed by atoms with Gasteiger partial charge in [0.2, 0.25) is 10.0 Å². The lowest BCUT2D eigenvalue weighted by molar-refractivity contribution is -0.139. The van der Waals surface area contributed by atoms with Crippen LogP contribution >= 0.6 is 0 Å². The smallest absolute Gasteiger partial charge is 0.308 e. The Bertz CT molecular complexity index is 1260. The van der Waals surface area contributed by atoms with Crippen LogP contribution in [0.2, 0.25) is 0 Å².